The summed E-state index contributed by atoms with van der Waals surface area (Å²) in [7, 11) is 0. The maximum absolute atomic E-state index is 5.81. The Morgan fingerprint density at radius 3 is 1.61 bits per heavy atom. The fraction of sp³-hybridized carbons (Fsp3) is 0.385. The first-order valence-electron chi connectivity index (χ1n) is 10.8. The molecule has 0 saturated carbocycles. The summed E-state index contributed by atoms with van der Waals surface area (Å²) in [5.74, 6) is 0. The second-order valence-electron chi connectivity index (χ2n) is 7.53. The molecule has 4 rings (SSSR count). The van der Waals surface area contributed by atoms with Gasteiger partial charge in [0.2, 0.25) is 0 Å². The van der Waals surface area contributed by atoms with Crippen molar-refractivity contribution in [3.63, 3.8) is 0 Å². The lowest BCUT2D eigenvalue weighted by Gasteiger charge is -2.08. The van der Waals surface area contributed by atoms with Crippen LogP contribution in [0.15, 0.2) is 24.5 Å². The zero-order valence-electron chi connectivity index (χ0n) is 20.2. The predicted molar refractivity (Wildman–Crippen MR) is 133 cm³/mol. The molecule has 2 aromatic carbocycles. The van der Waals surface area contributed by atoms with Crippen LogP contribution in [0.5, 0.6) is 0 Å². The first-order chi connectivity index (χ1) is 14.7. The molecule has 4 nitrogen and oxygen atoms in total. The third-order valence-electron chi connectivity index (χ3n) is 5.71. The van der Waals surface area contributed by atoms with E-state index in [0.29, 0.717) is 5.15 Å². The Balaban J connectivity index is 0.000000204. The maximum atomic E-state index is 5.81. The Morgan fingerprint density at radius 2 is 1.13 bits per heavy atom. The summed E-state index contributed by atoms with van der Waals surface area (Å²) >= 11 is 5.81. The lowest BCUT2D eigenvalue weighted by molar-refractivity contribution is 1.03. The van der Waals surface area contributed by atoms with Crippen molar-refractivity contribution in [2.75, 3.05) is 0 Å². The molecule has 0 aliphatic carbocycles. The molecule has 0 atom stereocenters. The number of aryl methyl sites for hydroxylation is 5. The molecule has 5 heteroatoms. The summed E-state index contributed by atoms with van der Waals surface area (Å²) in [4.78, 5) is 17.6. The van der Waals surface area contributed by atoms with Gasteiger partial charge in [0.1, 0.15) is 5.15 Å². The van der Waals surface area contributed by atoms with Gasteiger partial charge < -0.3 is 0 Å². The van der Waals surface area contributed by atoms with E-state index in [2.05, 4.69) is 74.5 Å². The van der Waals surface area contributed by atoms with Crippen LogP contribution >= 0.6 is 11.6 Å². The lowest BCUT2D eigenvalue weighted by atomic mass is 10.0. The third kappa shape index (κ3) is 5.37. The Hall–Kier alpha value is -2.59. The molecule has 0 radical (unpaired) electrons. The number of nitrogens with zero attached hydrogens (tertiary/aromatic N) is 4. The molecule has 2 heterocycles. The molecule has 0 amide bonds. The van der Waals surface area contributed by atoms with Crippen molar-refractivity contribution in [3.05, 3.63) is 68.8 Å². The van der Waals surface area contributed by atoms with E-state index in [0.717, 1.165) is 39.7 Å². The van der Waals surface area contributed by atoms with Crippen molar-refractivity contribution in [3.8, 4) is 0 Å². The average molecular weight is 437 g/mol. The fourth-order valence-electron chi connectivity index (χ4n) is 3.32. The van der Waals surface area contributed by atoms with Gasteiger partial charge in [-0.05, 0) is 93.5 Å². The normalized spacial score (nSPS) is 10.4. The van der Waals surface area contributed by atoms with Crippen molar-refractivity contribution in [1.82, 2.24) is 19.9 Å². The third-order valence-corrected chi connectivity index (χ3v) is 5.89. The predicted octanol–water partition coefficient (Wildman–Crippen LogP) is 7.35. The minimum absolute atomic E-state index is 0.448. The van der Waals surface area contributed by atoms with E-state index in [1.165, 1.54) is 27.8 Å². The number of halogens is 1. The quantitative estimate of drug-likeness (QED) is 0.313. The highest BCUT2D eigenvalue weighted by atomic mass is 35.5. The van der Waals surface area contributed by atoms with Gasteiger partial charge in [-0.15, -0.1) is 0 Å². The topological polar surface area (TPSA) is 51.6 Å². The zero-order chi connectivity index (χ0) is 23.3. The molecule has 0 unspecified atom stereocenters. The maximum Gasteiger partial charge on any atom is 0.148 e. The Bertz CT molecular complexity index is 1220. The van der Waals surface area contributed by atoms with E-state index in [4.69, 9.17) is 11.6 Å². The van der Waals surface area contributed by atoms with Crippen LogP contribution in [0.3, 0.4) is 0 Å². The van der Waals surface area contributed by atoms with Crippen molar-refractivity contribution in [2.45, 2.75) is 68.7 Å². The lowest BCUT2D eigenvalue weighted by Crippen LogP contribution is -1.96. The highest BCUT2D eigenvalue weighted by Gasteiger charge is 2.07. The molecule has 2 aromatic heterocycles. The van der Waals surface area contributed by atoms with E-state index in [1.807, 2.05) is 26.1 Å². The van der Waals surface area contributed by atoms with Gasteiger partial charge >= 0.3 is 0 Å². The molecule has 4 aromatic rings. The van der Waals surface area contributed by atoms with Crippen LogP contribution in [0.1, 0.15) is 59.8 Å². The summed E-state index contributed by atoms with van der Waals surface area (Å²) in [6.45, 7) is 18.7. The number of aromatic nitrogens is 4. The smallest absolute Gasteiger partial charge is 0.148 e. The Labute approximate surface area is 191 Å². The van der Waals surface area contributed by atoms with Gasteiger partial charge in [-0.1, -0.05) is 32.4 Å². The van der Waals surface area contributed by atoms with Crippen molar-refractivity contribution >= 4 is 33.7 Å². The SMILES string of the molecule is CC.CCc1cnc2cc(C)c(C)c(C)c2n1.Cc1cc2ncc(Cl)nc2c(C)c1C. The summed E-state index contributed by atoms with van der Waals surface area (Å²) < 4.78 is 0. The highest BCUT2D eigenvalue weighted by Crippen LogP contribution is 2.23. The molecular weight excluding hydrogens is 404 g/mol. The highest BCUT2D eigenvalue weighted by molar-refractivity contribution is 6.29. The Morgan fingerprint density at radius 1 is 0.677 bits per heavy atom. The number of hydrogen-bond donors (Lipinski definition) is 0. The molecule has 0 bridgehead atoms. The first-order valence-corrected chi connectivity index (χ1v) is 11.2. The van der Waals surface area contributed by atoms with Gasteiger partial charge in [-0.3, -0.25) is 9.97 Å². The molecule has 0 spiro atoms. The summed E-state index contributed by atoms with van der Waals surface area (Å²) in [6, 6.07) is 4.16. The summed E-state index contributed by atoms with van der Waals surface area (Å²) in [6.07, 6.45) is 4.39. The van der Waals surface area contributed by atoms with Crippen LogP contribution in [-0.4, -0.2) is 19.9 Å². The van der Waals surface area contributed by atoms with Crippen LogP contribution in [-0.2, 0) is 6.42 Å². The van der Waals surface area contributed by atoms with Crippen molar-refractivity contribution < 1.29 is 0 Å². The molecule has 164 valence electrons. The standard InChI is InChI=1S/C13H16N2.C11H11ClN2.C2H6/c1-5-11-7-14-12-6-8(2)9(3)10(4)13(12)15-11;1-6-4-9-11(8(3)7(6)2)14-10(12)5-13-9;1-2/h6-7H,5H2,1-4H3;4-5H,1-3H3;1-2H3. The summed E-state index contributed by atoms with van der Waals surface area (Å²) in [5.41, 5.74) is 12.5. The van der Waals surface area contributed by atoms with Crippen molar-refractivity contribution in [2.24, 2.45) is 0 Å². The van der Waals surface area contributed by atoms with Crippen molar-refractivity contribution in [1.29, 1.82) is 0 Å². The van der Waals surface area contributed by atoms with E-state index in [1.54, 1.807) is 6.20 Å². The van der Waals surface area contributed by atoms with Crippen LogP contribution in [0.25, 0.3) is 22.1 Å². The minimum atomic E-state index is 0.448. The molecule has 0 aliphatic rings. The van der Waals surface area contributed by atoms with Gasteiger partial charge in [0, 0.05) is 6.20 Å². The second kappa shape index (κ2) is 10.6. The van der Waals surface area contributed by atoms with Gasteiger partial charge in [-0.2, -0.15) is 0 Å². The van der Waals surface area contributed by atoms with Gasteiger partial charge in [0.25, 0.3) is 0 Å². The molecule has 0 N–H and O–H groups in total. The number of rotatable bonds is 1. The van der Waals surface area contributed by atoms with Crippen LogP contribution in [0.2, 0.25) is 5.15 Å². The van der Waals surface area contributed by atoms with E-state index < -0.39 is 0 Å². The van der Waals surface area contributed by atoms with E-state index in [-0.39, 0.29) is 0 Å². The molecule has 31 heavy (non-hydrogen) atoms. The van der Waals surface area contributed by atoms with E-state index in [9.17, 15) is 0 Å². The number of hydrogen-bond acceptors (Lipinski definition) is 4. The molecule has 0 saturated heterocycles. The molecular formula is C26H33ClN4. The van der Waals surface area contributed by atoms with Gasteiger partial charge in [-0.25, -0.2) is 9.97 Å². The minimum Gasteiger partial charge on any atom is -0.253 e. The first kappa shape index (κ1) is 24.7. The van der Waals surface area contributed by atoms with E-state index >= 15 is 0 Å². The van der Waals surface area contributed by atoms with Crippen LogP contribution in [0, 0.1) is 41.5 Å². The number of fused-ring (bicyclic) bond motifs is 2. The monoisotopic (exact) mass is 436 g/mol. The molecule has 0 fully saturated rings. The summed E-state index contributed by atoms with van der Waals surface area (Å²) in [5, 5.41) is 0.448. The molecule has 0 aliphatic heterocycles. The Kier molecular flexibility index (Phi) is 8.46. The second-order valence-corrected chi connectivity index (χ2v) is 7.92. The van der Waals surface area contributed by atoms with Gasteiger partial charge in [0.15, 0.2) is 0 Å². The van der Waals surface area contributed by atoms with Crippen LogP contribution < -0.4 is 0 Å². The fourth-order valence-corrected chi connectivity index (χ4v) is 3.45. The number of benzene rings is 2. The average Bonchev–Trinajstić information content (AvgIpc) is 2.78. The van der Waals surface area contributed by atoms with Gasteiger partial charge in [0.05, 0.1) is 34.0 Å². The van der Waals surface area contributed by atoms with Crippen LogP contribution in [0.4, 0.5) is 0 Å². The largest absolute Gasteiger partial charge is 0.253 e. The zero-order valence-corrected chi connectivity index (χ0v) is 20.9.